The van der Waals surface area contributed by atoms with Crippen molar-refractivity contribution in [2.45, 2.75) is 33.7 Å². The van der Waals surface area contributed by atoms with E-state index in [1.807, 2.05) is 26.0 Å². The van der Waals surface area contributed by atoms with Crippen molar-refractivity contribution in [3.63, 3.8) is 0 Å². The SMILES string of the molecule is CCNC(=NCc1sc(C)nc1C)NCCc1cccc(OC)c1. The molecular formula is C18H26N4OS. The van der Waals surface area contributed by atoms with Gasteiger partial charge in [0, 0.05) is 18.0 Å². The van der Waals surface area contributed by atoms with Crippen molar-refractivity contribution in [2.24, 2.45) is 4.99 Å². The molecule has 0 aliphatic rings. The summed E-state index contributed by atoms with van der Waals surface area (Å²) in [5.74, 6) is 1.73. The monoisotopic (exact) mass is 346 g/mol. The van der Waals surface area contributed by atoms with Gasteiger partial charge in [0.2, 0.25) is 0 Å². The number of nitrogens with one attached hydrogen (secondary N) is 2. The molecule has 0 spiro atoms. The quantitative estimate of drug-likeness (QED) is 0.597. The van der Waals surface area contributed by atoms with Gasteiger partial charge in [0.25, 0.3) is 0 Å². The number of hydrogen-bond acceptors (Lipinski definition) is 4. The number of aliphatic imine (C=N–C) groups is 1. The molecule has 0 atom stereocenters. The van der Waals surface area contributed by atoms with E-state index in [0.717, 1.165) is 41.9 Å². The van der Waals surface area contributed by atoms with Crippen LogP contribution in [0.3, 0.4) is 0 Å². The normalized spacial score (nSPS) is 11.4. The maximum atomic E-state index is 5.26. The largest absolute Gasteiger partial charge is 0.497 e. The Hall–Kier alpha value is -2.08. The third-order valence-corrected chi connectivity index (χ3v) is 4.62. The van der Waals surface area contributed by atoms with E-state index >= 15 is 0 Å². The zero-order valence-electron chi connectivity index (χ0n) is 14.8. The molecule has 130 valence electrons. The van der Waals surface area contributed by atoms with Gasteiger partial charge in [-0.25, -0.2) is 9.98 Å². The molecule has 5 nitrogen and oxygen atoms in total. The van der Waals surface area contributed by atoms with Crippen LogP contribution in [0.15, 0.2) is 29.3 Å². The van der Waals surface area contributed by atoms with Crippen molar-refractivity contribution in [2.75, 3.05) is 20.2 Å². The Bertz CT molecular complexity index is 681. The first-order valence-corrected chi connectivity index (χ1v) is 9.02. The predicted molar refractivity (Wildman–Crippen MR) is 101 cm³/mol. The van der Waals surface area contributed by atoms with Crippen molar-refractivity contribution in [1.29, 1.82) is 0 Å². The number of nitrogens with zero attached hydrogens (tertiary/aromatic N) is 2. The van der Waals surface area contributed by atoms with Crippen LogP contribution in [0.2, 0.25) is 0 Å². The third-order valence-electron chi connectivity index (χ3n) is 3.56. The average Bonchev–Trinajstić information content (AvgIpc) is 2.90. The molecule has 6 heteroatoms. The molecule has 1 heterocycles. The Morgan fingerprint density at radius 1 is 1.29 bits per heavy atom. The third kappa shape index (κ3) is 5.53. The summed E-state index contributed by atoms with van der Waals surface area (Å²) in [6.07, 6.45) is 0.917. The lowest BCUT2D eigenvalue weighted by atomic mass is 10.1. The Kier molecular flexibility index (Phi) is 7.06. The average molecular weight is 347 g/mol. The van der Waals surface area contributed by atoms with Gasteiger partial charge >= 0.3 is 0 Å². The second-order valence-electron chi connectivity index (χ2n) is 5.46. The molecule has 0 radical (unpaired) electrons. The van der Waals surface area contributed by atoms with Crippen LogP contribution in [0.5, 0.6) is 5.75 Å². The number of methoxy groups -OCH3 is 1. The maximum Gasteiger partial charge on any atom is 0.191 e. The standard InChI is InChI=1S/C18H26N4OS/c1-5-19-18(21-12-17-13(2)22-14(3)24-17)20-10-9-15-7-6-8-16(11-15)23-4/h6-8,11H,5,9-10,12H2,1-4H3,(H2,19,20,21). The minimum atomic E-state index is 0.659. The second kappa shape index (κ2) is 9.27. The lowest BCUT2D eigenvalue weighted by molar-refractivity contribution is 0.414. The highest BCUT2D eigenvalue weighted by molar-refractivity contribution is 7.11. The number of benzene rings is 1. The fourth-order valence-corrected chi connectivity index (χ4v) is 3.23. The summed E-state index contributed by atoms with van der Waals surface area (Å²) in [4.78, 5) is 10.3. The molecule has 0 saturated heterocycles. The summed E-state index contributed by atoms with van der Waals surface area (Å²) in [5.41, 5.74) is 2.32. The van der Waals surface area contributed by atoms with Gasteiger partial charge in [-0.2, -0.15) is 0 Å². The Balaban J connectivity index is 1.90. The molecular weight excluding hydrogens is 320 g/mol. The first-order valence-electron chi connectivity index (χ1n) is 8.20. The van der Waals surface area contributed by atoms with E-state index in [0.29, 0.717) is 6.54 Å². The molecule has 0 amide bonds. The van der Waals surface area contributed by atoms with Crippen molar-refractivity contribution in [3.05, 3.63) is 45.4 Å². The number of thiazole rings is 1. The van der Waals surface area contributed by atoms with Crippen LogP contribution in [0.1, 0.15) is 28.1 Å². The van der Waals surface area contributed by atoms with Crippen molar-refractivity contribution >= 4 is 17.3 Å². The molecule has 0 aliphatic carbocycles. The molecule has 2 rings (SSSR count). The first kappa shape index (κ1) is 18.3. The molecule has 0 unspecified atom stereocenters. The van der Waals surface area contributed by atoms with E-state index in [2.05, 4.69) is 39.7 Å². The van der Waals surface area contributed by atoms with E-state index in [-0.39, 0.29) is 0 Å². The molecule has 0 fully saturated rings. The molecule has 1 aromatic carbocycles. The predicted octanol–water partition coefficient (Wildman–Crippen LogP) is 3.07. The van der Waals surface area contributed by atoms with Crippen LogP contribution >= 0.6 is 11.3 Å². The zero-order chi connectivity index (χ0) is 17.4. The minimum Gasteiger partial charge on any atom is -0.497 e. The smallest absolute Gasteiger partial charge is 0.191 e. The summed E-state index contributed by atoms with van der Waals surface area (Å²) in [6, 6.07) is 8.15. The molecule has 2 aromatic rings. The number of aromatic nitrogens is 1. The van der Waals surface area contributed by atoms with E-state index in [9.17, 15) is 0 Å². The topological polar surface area (TPSA) is 58.5 Å². The van der Waals surface area contributed by atoms with Crippen LogP contribution in [-0.4, -0.2) is 31.1 Å². The van der Waals surface area contributed by atoms with Gasteiger partial charge in [-0.15, -0.1) is 11.3 Å². The number of ether oxygens (including phenoxy) is 1. The lowest BCUT2D eigenvalue weighted by Crippen LogP contribution is -2.38. The van der Waals surface area contributed by atoms with Gasteiger partial charge in [-0.1, -0.05) is 12.1 Å². The molecule has 2 N–H and O–H groups in total. The van der Waals surface area contributed by atoms with Crippen molar-refractivity contribution in [1.82, 2.24) is 15.6 Å². The van der Waals surface area contributed by atoms with Crippen LogP contribution in [0.25, 0.3) is 0 Å². The van der Waals surface area contributed by atoms with Crippen LogP contribution in [0, 0.1) is 13.8 Å². The highest BCUT2D eigenvalue weighted by Crippen LogP contribution is 2.17. The lowest BCUT2D eigenvalue weighted by Gasteiger charge is -2.11. The summed E-state index contributed by atoms with van der Waals surface area (Å²) >= 11 is 1.71. The fourth-order valence-electron chi connectivity index (χ4n) is 2.37. The van der Waals surface area contributed by atoms with Crippen LogP contribution in [0.4, 0.5) is 0 Å². The van der Waals surface area contributed by atoms with Gasteiger partial charge in [0.1, 0.15) is 5.75 Å². The van der Waals surface area contributed by atoms with Gasteiger partial charge in [0.05, 0.1) is 24.4 Å². The van der Waals surface area contributed by atoms with E-state index in [4.69, 9.17) is 4.74 Å². The molecule has 0 aliphatic heterocycles. The maximum absolute atomic E-state index is 5.26. The number of guanidine groups is 1. The highest BCUT2D eigenvalue weighted by Gasteiger charge is 2.05. The van der Waals surface area contributed by atoms with Gasteiger partial charge in [-0.05, 0) is 44.9 Å². The molecule has 0 saturated carbocycles. The molecule has 0 bridgehead atoms. The van der Waals surface area contributed by atoms with E-state index in [1.165, 1.54) is 10.4 Å². The van der Waals surface area contributed by atoms with Crippen LogP contribution in [-0.2, 0) is 13.0 Å². The van der Waals surface area contributed by atoms with Gasteiger partial charge in [-0.3, -0.25) is 0 Å². The molecule has 24 heavy (non-hydrogen) atoms. The second-order valence-corrected chi connectivity index (χ2v) is 6.75. The van der Waals surface area contributed by atoms with Gasteiger partial charge in [0.15, 0.2) is 5.96 Å². The summed E-state index contributed by atoms with van der Waals surface area (Å²) < 4.78 is 5.26. The van der Waals surface area contributed by atoms with E-state index < -0.39 is 0 Å². The Labute approximate surface area is 148 Å². The number of hydrogen-bond donors (Lipinski definition) is 2. The fraction of sp³-hybridized carbons (Fsp3) is 0.444. The van der Waals surface area contributed by atoms with Gasteiger partial charge < -0.3 is 15.4 Å². The molecule has 1 aromatic heterocycles. The first-order chi connectivity index (χ1) is 11.6. The minimum absolute atomic E-state index is 0.659. The Morgan fingerprint density at radius 2 is 2.12 bits per heavy atom. The Morgan fingerprint density at radius 3 is 2.79 bits per heavy atom. The van der Waals surface area contributed by atoms with Crippen molar-refractivity contribution in [3.8, 4) is 5.75 Å². The number of rotatable bonds is 7. The summed E-state index contributed by atoms with van der Waals surface area (Å²) in [6.45, 7) is 8.46. The summed E-state index contributed by atoms with van der Waals surface area (Å²) in [5, 5.41) is 7.76. The zero-order valence-corrected chi connectivity index (χ0v) is 15.7. The highest BCUT2D eigenvalue weighted by atomic mass is 32.1. The van der Waals surface area contributed by atoms with E-state index in [1.54, 1.807) is 18.4 Å². The number of aryl methyl sites for hydroxylation is 2. The van der Waals surface area contributed by atoms with Crippen LogP contribution < -0.4 is 15.4 Å². The van der Waals surface area contributed by atoms with Crippen molar-refractivity contribution < 1.29 is 4.74 Å². The summed E-state index contributed by atoms with van der Waals surface area (Å²) in [7, 11) is 1.69.